The smallest absolute Gasteiger partial charge is 1.00 e. The molecule has 0 aliphatic carbocycles. The van der Waals surface area contributed by atoms with Crippen LogP contribution in [0.3, 0.4) is 0 Å². The first kappa shape index (κ1) is 11.7. The molecule has 0 aliphatic rings. The van der Waals surface area contributed by atoms with Gasteiger partial charge in [-0.05, 0) is 19.8 Å². The quantitative estimate of drug-likeness (QED) is 0.455. The van der Waals surface area contributed by atoms with E-state index in [2.05, 4.69) is 0 Å². The van der Waals surface area contributed by atoms with Crippen LogP contribution in [0.1, 0.15) is 35.0 Å². The van der Waals surface area contributed by atoms with Crippen molar-refractivity contribution < 1.29 is 36.1 Å². The number of hydrogen-bond acceptors (Lipinski definition) is 1. The second-order valence-electron chi connectivity index (χ2n) is 2.20. The summed E-state index contributed by atoms with van der Waals surface area (Å²) < 4.78 is 0. The fourth-order valence-corrected chi connectivity index (χ4v) is 0.250. The van der Waals surface area contributed by atoms with Crippen molar-refractivity contribution in [2.24, 2.45) is 0 Å². The molecule has 46 valence electrons. The van der Waals surface area contributed by atoms with Crippen LogP contribution in [0.15, 0.2) is 0 Å². The van der Waals surface area contributed by atoms with Crippen LogP contribution in [0.25, 0.3) is 0 Å². The van der Waals surface area contributed by atoms with E-state index in [-0.39, 0.29) is 31.0 Å². The maximum Gasteiger partial charge on any atom is 1.00 e. The zero-order valence-corrected chi connectivity index (χ0v) is 8.36. The van der Waals surface area contributed by atoms with E-state index < -0.39 is 5.60 Å². The summed E-state index contributed by atoms with van der Waals surface area (Å²) in [5.74, 6) is 0. The SMILES string of the molecule is CCC(C)(O)CC.[H-].[Na+]. The van der Waals surface area contributed by atoms with Crippen molar-refractivity contribution in [3.05, 3.63) is 0 Å². The van der Waals surface area contributed by atoms with Crippen LogP contribution in [-0.2, 0) is 0 Å². The van der Waals surface area contributed by atoms with Crippen LogP contribution in [0.2, 0.25) is 0 Å². The van der Waals surface area contributed by atoms with E-state index in [1.807, 2.05) is 20.8 Å². The normalized spacial score (nSPS) is 10.5. The summed E-state index contributed by atoms with van der Waals surface area (Å²) in [5, 5.41) is 9.13. The van der Waals surface area contributed by atoms with E-state index >= 15 is 0 Å². The summed E-state index contributed by atoms with van der Waals surface area (Å²) in [6, 6.07) is 0. The minimum absolute atomic E-state index is 0. The topological polar surface area (TPSA) is 20.2 Å². The van der Waals surface area contributed by atoms with Crippen LogP contribution in [0, 0.1) is 0 Å². The molecule has 0 spiro atoms. The molecule has 0 unspecified atom stereocenters. The van der Waals surface area contributed by atoms with Gasteiger partial charge in [0.05, 0.1) is 5.60 Å². The first-order valence-electron chi connectivity index (χ1n) is 2.84. The molecular formula is C6H15NaO. The van der Waals surface area contributed by atoms with Gasteiger partial charge in [-0.2, -0.15) is 0 Å². The number of rotatable bonds is 2. The maximum absolute atomic E-state index is 9.13. The van der Waals surface area contributed by atoms with E-state index in [4.69, 9.17) is 5.11 Å². The zero-order valence-electron chi connectivity index (χ0n) is 7.36. The van der Waals surface area contributed by atoms with Crippen molar-refractivity contribution >= 4 is 0 Å². The van der Waals surface area contributed by atoms with Gasteiger partial charge in [-0.15, -0.1) is 0 Å². The van der Waals surface area contributed by atoms with Crippen molar-refractivity contribution in [3.8, 4) is 0 Å². The first-order valence-corrected chi connectivity index (χ1v) is 2.84. The molecule has 0 bridgehead atoms. The average Bonchev–Trinajstić information content (AvgIpc) is 1.68. The van der Waals surface area contributed by atoms with Gasteiger partial charge >= 0.3 is 29.6 Å². The van der Waals surface area contributed by atoms with Crippen LogP contribution in [0.4, 0.5) is 0 Å². The van der Waals surface area contributed by atoms with Gasteiger partial charge in [-0.1, -0.05) is 13.8 Å². The second-order valence-corrected chi connectivity index (χ2v) is 2.20. The largest absolute Gasteiger partial charge is 1.00 e. The van der Waals surface area contributed by atoms with Crippen molar-refractivity contribution in [2.45, 2.75) is 39.2 Å². The molecule has 2 heteroatoms. The molecule has 0 heterocycles. The molecule has 0 aromatic carbocycles. The maximum atomic E-state index is 9.13. The standard InChI is InChI=1S/C6H14O.Na.H/c1-4-6(3,7)5-2;;/h7H,4-5H2,1-3H3;;/q;+1;-1. The molecule has 0 atom stereocenters. The molecule has 0 saturated heterocycles. The Morgan fingerprint density at radius 3 is 1.62 bits per heavy atom. The molecule has 8 heavy (non-hydrogen) atoms. The van der Waals surface area contributed by atoms with Gasteiger partial charge in [0.25, 0.3) is 0 Å². The third-order valence-electron chi connectivity index (χ3n) is 1.52. The third-order valence-corrected chi connectivity index (χ3v) is 1.52. The van der Waals surface area contributed by atoms with E-state index in [1.165, 1.54) is 0 Å². The Bertz CT molecular complexity index is 51.0. The Hall–Kier alpha value is 0.960. The summed E-state index contributed by atoms with van der Waals surface area (Å²) >= 11 is 0. The Balaban J connectivity index is -0.000000180. The molecule has 0 radical (unpaired) electrons. The van der Waals surface area contributed by atoms with E-state index in [1.54, 1.807) is 0 Å². The monoisotopic (exact) mass is 126 g/mol. The first-order chi connectivity index (χ1) is 3.12. The zero-order chi connectivity index (χ0) is 5.91. The van der Waals surface area contributed by atoms with Crippen molar-refractivity contribution in [1.82, 2.24) is 0 Å². The third kappa shape index (κ3) is 5.10. The molecule has 0 amide bonds. The molecule has 0 aromatic rings. The number of hydrogen-bond donors (Lipinski definition) is 1. The Kier molecular flexibility index (Phi) is 7.04. The summed E-state index contributed by atoms with van der Waals surface area (Å²) in [6.45, 7) is 5.83. The van der Waals surface area contributed by atoms with Gasteiger partial charge < -0.3 is 6.53 Å². The van der Waals surface area contributed by atoms with Crippen LogP contribution < -0.4 is 29.6 Å². The second kappa shape index (κ2) is 4.80. The predicted octanol–water partition coefficient (Wildman–Crippen LogP) is -1.33. The van der Waals surface area contributed by atoms with Crippen LogP contribution in [0.5, 0.6) is 0 Å². The van der Waals surface area contributed by atoms with Crippen molar-refractivity contribution in [2.75, 3.05) is 0 Å². The summed E-state index contributed by atoms with van der Waals surface area (Å²) in [4.78, 5) is 0. The van der Waals surface area contributed by atoms with Crippen molar-refractivity contribution in [1.29, 1.82) is 0 Å². The molecule has 0 aliphatic heterocycles. The van der Waals surface area contributed by atoms with E-state index in [0.29, 0.717) is 0 Å². The molecule has 1 nitrogen and oxygen atoms in total. The summed E-state index contributed by atoms with van der Waals surface area (Å²) in [7, 11) is 0. The van der Waals surface area contributed by atoms with Gasteiger partial charge in [-0.25, -0.2) is 0 Å². The van der Waals surface area contributed by atoms with Crippen LogP contribution >= 0.6 is 0 Å². The van der Waals surface area contributed by atoms with Gasteiger partial charge in [0.1, 0.15) is 0 Å². The molecule has 0 saturated carbocycles. The van der Waals surface area contributed by atoms with Crippen LogP contribution in [-0.4, -0.2) is 10.7 Å². The van der Waals surface area contributed by atoms with Gasteiger partial charge in [0.15, 0.2) is 0 Å². The van der Waals surface area contributed by atoms with Gasteiger partial charge in [0, 0.05) is 0 Å². The molecule has 1 N–H and O–H groups in total. The van der Waals surface area contributed by atoms with E-state index in [9.17, 15) is 0 Å². The number of aliphatic hydroxyl groups is 1. The Morgan fingerprint density at radius 1 is 1.38 bits per heavy atom. The average molecular weight is 126 g/mol. The van der Waals surface area contributed by atoms with Gasteiger partial charge in [-0.3, -0.25) is 0 Å². The summed E-state index contributed by atoms with van der Waals surface area (Å²) in [5.41, 5.74) is -0.417. The molecule has 0 rings (SSSR count). The Morgan fingerprint density at radius 2 is 1.62 bits per heavy atom. The fourth-order valence-electron chi connectivity index (χ4n) is 0.250. The van der Waals surface area contributed by atoms with E-state index in [0.717, 1.165) is 12.8 Å². The Labute approximate surface area is 75.3 Å². The molecule has 0 fully saturated rings. The molecular weight excluding hydrogens is 111 g/mol. The predicted molar refractivity (Wildman–Crippen MR) is 32.3 cm³/mol. The minimum atomic E-state index is -0.417. The van der Waals surface area contributed by atoms with Crippen molar-refractivity contribution in [3.63, 3.8) is 0 Å². The van der Waals surface area contributed by atoms with Gasteiger partial charge in [0.2, 0.25) is 0 Å². The minimum Gasteiger partial charge on any atom is -1.00 e. The fraction of sp³-hybridized carbons (Fsp3) is 1.00. The summed E-state index contributed by atoms with van der Waals surface area (Å²) in [6.07, 6.45) is 1.70. The molecule has 0 aromatic heterocycles.